The number of nitrogens with zero attached hydrogens (tertiary/aromatic N) is 1. The van der Waals surface area contributed by atoms with Crippen molar-refractivity contribution in [3.63, 3.8) is 0 Å². The molecule has 1 heterocycles. The van der Waals surface area contributed by atoms with E-state index in [9.17, 15) is 5.11 Å². The van der Waals surface area contributed by atoms with Crippen LogP contribution in [0.4, 0.5) is 0 Å². The molecule has 0 saturated carbocycles. The summed E-state index contributed by atoms with van der Waals surface area (Å²) in [6, 6.07) is 0. The normalized spacial score (nSPS) is 24.0. The first-order valence-corrected chi connectivity index (χ1v) is 6.66. The highest BCUT2D eigenvalue weighted by Crippen LogP contribution is 2.27. The van der Waals surface area contributed by atoms with Gasteiger partial charge in [0.25, 0.3) is 0 Å². The Morgan fingerprint density at radius 1 is 1.25 bits per heavy atom. The molecule has 1 aliphatic rings. The SMILES string of the molecule is CCOCC(O)C(C)(CC)N1CCCCC1. The molecule has 0 aromatic heterocycles. The van der Waals surface area contributed by atoms with Crippen molar-refractivity contribution in [3.8, 4) is 0 Å². The molecule has 0 radical (unpaired) electrons. The number of hydrogen-bond acceptors (Lipinski definition) is 3. The number of piperidine rings is 1. The minimum Gasteiger partial charge on any atom is -0.389 e. The summed E-state index contributed by atoms with van der Waals surface area (Å²) < 4.78 is 5.36. The molecule has 1 N–H and O–H groups in total. The molecule has 0 aliphatic carbocycles. The topological polar surface area (TPSA) is 32.7 Å². The number of likely N-dealkylation sites (tertiary alicyclic amines) is 1. The molecular weight excluding hydrogens is 202 g/mol. The number of rotatable bonds is 6. The molecule has 0 aromatic carbocycles. The summed E-state index contributed by atoms with van der Waals surface area (Å²) >= 11 is 0. The summed E-state index contributed by atoms with van der Waals surface area (Å²) in [5.74, 6) is 0. The molecule has 96 valence electrons. The Morgan fingerprint density at radius 2 is 1.88 bits per heavy atom. The Hall–Kier alpha value is -0.120. The Morgan fingerprint density at radius 3 is 2.38 bits per heavy atom. The molecule has 1 aliphatic heterocycles. The molecule has 1 rings (SSSR count). The van der Waals surface area contributed by atoms with Crippen LogP contribution in [-0.2, 0) is 4.74 Å². The quantitative estimate of drug-likeness (QED) is 0.756. The second-order valence-electron chi connectivity index (χ2n) is 4.93. The fraction of sp³-hybridized carbons (Fsp3) is 1.00. The van der Waals surface area contributed by atoms with Crippen LogP contribution in [0.2, 0.25) is 0 Å². The lowest BCUT2D eigenvalue weighted by Crippen LogP contribution is -2.57. The zero-order valence-electron chi connectivity index (χ0n) is 11.0. The average Bonchev–Trinajstić information content (AvgIpc) is 2.35. The second-order valence-corrected chi connectivity index (χ2v) is 4.93. The zero-order chi connectivity index (χ0) is 12.0. The van der Waals surface area contributed by atoms with Gasteiger partial charge in [0.15, 0.2) is 0 Å². The number of ether oxygens (including phenoxy) is 1. The summed E-state index contributed by atoms with van der Waals surface area (Å²) in [5, 5.41) is 10.3. The maximum Gasteiger partial charge on any atom is 0.0953 e. The number of aliphatic hydroxyl groups is 1. The third kappa shape index (κ3) is 3.19. The molecule has 0 spiro atoms. The Labute approximate surface area is 99.8 Å². The molecule has 0 bridgehead atoms. The van der Waals surface area contributed by atoms with Crippen molar-refractivity contribution in [1.29, 1.82) is 0 Å². The summed E-state index contributed by atoms with van der Waals surface area (Å²) in [6.45, 7) is 9.66. The summed E-state index contributed by atoms with van der Waals surface area (Å²) in [7, 11) is 0. The van der Waals surface area contributed by atoms with Gasteiger partial charge in [-0.2, -0.15) is 0 Å². The number of aliphatic hydroxyl groups excluding tert-OH is 1. The summed E-state index contributed by atoms with van der Waals surface area (Å²) in [6.07, 6.45) is 4.45. The van der Waals surface area contributed by atoms with Crippen molar-refractivity contribution in [2.75, 3.05) is 26.3 Å². The van der Waals surface area contributed by atoms with Gasteiger partial charge in [-0.25, -0.2) is 0 Å². The van der Waals surface area contributed by atoms with Gasteiger partial charge in [0.05, 0.1) is 12.7 Å². The van der Waals surface area contributed by atoms with E-state index in [0.717, 1.165) is 19.5 Å². The van der Waals surface area contributed by atoms with E-state index in [-0.39, 0.29) is 11.6 Å². The molecule has 16 heavy (non-hydrogen) atoms. The monoisotopic (exact) mass is 229 g/mol. The highest BCUT2D eigenvalue weighted by molar-refractivity contribution is 4.93. The second kappa shape index (κ2) is 6.58. The predicted molar refractivity (Wildman–Crippen MR) is 66.6 cm³/mol. The fourth-order valence-corrected chi connectivity index (χ4v) is 2.48. The van der Waals surface area contributed by atoms with Crippen LogP contribution in [-0.4, -0.2) is 48.0 Å². The van der Waals surface area contributed by atoms with Crippen molar-refractivity contribution in [3.05, 3.63) is 0 Å². The fourth-order valence-electron chi connectivity index (χ4n) is 2.48. The lowest BCUT2D eigenvalue weighted by atomic mass is 9.88. The Kier molecular flexibility index (Phi) is 5.73. The van der Waals surface area contributed by atoms with Gasteiger partial charge >= 0.3 is 0 Å². The van der Waals surface area contributed by atoms with Gasteiger partial charge in [0.2, 0.25) is 0 Å². The average molecular weight is 229 g/mol. The van der Waals surface area contributed by atoms with Crippen LogP contribution in [0.1, 0.15) is 46.5 Å². The Bertz CT molecular complexity index is 192. The van der Waals surface area contributed by atoms with Crippen molar-refractivity contribution >= 4 is 0 Å². The van der Waals surface area contributed by atoms with Gasteiger partial charge in [-0.15, -0.1) is 0 Å². The maximum atomic E-state index is 10.3. The number of hydrogen-bond donors (Lipinski definition) is 1. The standard InChI is InChI=1S/C13H27NO2/c1-4-13(3,12(15)11-16-5-2)14-9-7-6-8-10-14/h12,15H,4-11H2,1-3H3. The van der Waals surface area contributed by atoms with E-state index in [1.165, 1.54) is 19.3 Å². The summed E-state index contributed by atoms with van der Waals surface area (Å²) in [5.41, 5.74) is -0.115. The lowest BCUT2D eigenvalue weighted by Gasteiger charge is -2.45. The van der Waals surface area contributed by atoms with Crippen LogP contribution in [0.15, 0.2) is 0 Å². The first-order chi connectivity index (χ1) is 7.65. The Balaban J connectivity index is 2.58. The van der Waals surface area contributed by atoms with E-state index in [1.54, 1.807) is 0 Å². The van der Waals surface area contributed by atoms with E-state index in [4.69, 9.17) is 4.74 Å². The minimum atomic E-state index is -0.379. The van der Waals surface area contributed by atoms with Crippen molar-refractivity contribution < 1.29 is 9.84 Å². The van der Waals surface area contributed by atoms with Crippen LogP contribution < -0.4 is 0 Å². The van der Waals surface area contributed by atoms with Gasteiger partial charge in [0, 0.05) is 12.1 Å². The molecule has 0 aromatic rings. The smallest absolute Gasteiger partial charge is 0.0953 e. The minimum absolute atomic E-state index is 0.115. The zero-order valence-corrected chi connectivity index (χ0v) is 11.0. The van der Waals surface area contributed by atoms with E-state index < -0.39 is 0 Å². The third-order valence-corrected chi connectivity index (χ3v) is 3.99. The highest BCUT2D eigenvalue weighted by Gasteiger charge is 2.37. The first-order valence-electron chi connectivity index (χ1n) is 6.66. The van der Waals surface area contributed by atoms with Gasteiger partial charge in [-0.1, -0.05) is 13.3 Å². The van der Waals surface area contributed by atoms with Crippen molar-refractivity contribution in [2.45, 2.75) is 58.1 Å². The van der Waals surface area contributed by atoms with Gasteiger partial charge in [-0.05, 0) is 46.2 Å². The highest BCUT2D eigenvalue weighted by atomic mass is 16.5. The van der Waals surface area contributed by atoms with Gasteiger partial charge in [0.1, 0.15) is 0 Å². The molecule has 1 fully saturated rings. The van der Waals surface area contributed by atoms with E-state index in [0.29, 0.717) is 13.2 Å². The molecule has 0 amide bonds. The van der Waals surface area contributed by atoms with Crippen molar-refractivity contribution in [1.82, 2.24) is 4.90 Å². The summed E-state index contributed by atoms with van der Waals surface area (Å²) in [4.78, 5) is 2.44. The van der Waals surface area contributed by atoms with Crippen LogP contribution >= 0.6 is 0 Å². The maximum absolute atomic E-state index is 10.3. The molecule has 2 atom stereocenters. The molecular formula is C13H27NO2. The molecule has 1 saturated heterocycles. The molecule has 2 unspecified atom stereocenters. The van der Waals surface area contributed by atoms with Crippen LogP contribution in [0.5, 0.6) is 0 Å². The van der Waals surface area contributed by atoms with E-state index >= 15 is 0 Å². The first kappa shape index (κ1) is 13.9. The predicted octanol–water partition coefficient (Wildman–Crippen LogP) is 2.04. The lowest BCUT2D eigenvalue weighted by molar-refractivity contribution is -0.0710. The van der Waals surface area contributed by atoms with Crippen molar-refractivity contribution in [2.24, 2.45) is 0 Å². The third-order valence-electron chi connectivity index (χ3n) is 3.99. The van der Waals surface area contributed by atoms with Crippen LogP contribution in [0.25, 0.3) is 0 Å². The van der Waals surface area contributed by atoms with Gasteiger partial charge < -0.3 is 9.84 Å². The van der Waals surface area contributed by atoms with Crippen LogP contribution in [0, 0.1) is 0 Å². The molecule has 3 nitrogen and oxygen atoms in total. The van der Waals surface area contributed by atoms with E-state index in [2.05, 4.69) is 18.7 Å². The largest absolute Gasteiger partial charge is 0.389 e. The van der Waals surface area contributed by atoms with Gasteiger partial charge in [-0.3, -0.25) is 4.90 Å². The molecule has 3 heteroatoms. The van der Waals surface area contributed by atoms with Crippen LogP contribution in [0.3, 0.4) is 0 Å². The van der Waals surface area contributed by atoms with E-state index in [1.807, 2.05) is 6.92 Å².